The Kier molecular flexibility index (Phi) is 3.48. The summed E-state index contributed by atoms with van der Waals surface area (Å²) in [6.45, 7) is 1.72. The molecule has 5 nitrogen and oxygen atoms in total. The average Bonchev–Trinajstić information content (AvgIpc) is 2.77. The van der Waals surface area contributed by atoms with Crippen molar-refractivity contribution < 1.29 is 14.6 Å². The van der Waals surface area contributed by atoms with Crippen molar-refractivity contribution in [2.24, 2.45) is 0 Å². The summed E-state index contributed by atoms with van der Waals surface area (Å²) in [7, 11) is 0. The van der Waals surface area contributed by atoms with E-state index in [-0.39, 0.29) is 4.88 Å². The lowest BCUT2D eigenvalue weighted by atomic mass is 10.2. The molecule has 2 aromatic heterocycles. The standard InChI is InChI=1S/C14H9ClN2O3S/c1-7-10-12(20-9-4-2-3-8(15)5-9)16-6-17-13(10)21-11(7)14(18)19/h2-6H,1H3,(H,18,19). The fourth-order valence-corrected chi connectivity index (χ4v) is 3.12. The summed E-state index contributed by atoms with van der Waals surface area (Å²) < 4.78 is 5.72. The van der Waals surface area contributed by atoms with Crippen LogP contribution >= 0.6 is 22.9 Å². The van der Waals surface area contributed by atoms with Crippen LogP contribution in [0.1, 0.15) is 15.2 Å². The van der Waals surface area contributed by atoms with E-state index in [1.165, 1.54) is 6.33 Å². The van der Waals surface area contributed by atoms with E-state index in [1.807, 2.05) is 0 Å². The Bertz CT molecular complexity index is 847. The average molecular weight is 321 g/mol. The maximum absolute atomic E-state index is 11.2. The quantitative estimate of drug-likeness (QED) is 0.785. The molecule has 0 unspecified atom stereocenters. The number of carbonyl (C=O) groups is 1. The van der Waals surface area contributed by atoms with Crippen LogP contribution in [0.3, 0.4) is 0 Å². The third-order valence-corrected chi connectivity index (χ3v) is 4.32. The van der Waals surface area contributed by atoms with Crippen LogP contribution in [0.2, 0.25) is 5.02 Å². The van der Waals surface area contributed by atoms with Gasteiger partial charge in [-0.3, -0.25) is 0 Å². The zero-order chi connectivity index (χ0) is 15.0. The van der Waals surface area contributed by atoms with Crippen LogP contribution in [0.15, 0.2) is 30.6 Å². The number of nitrogens with zero attached hydrogens (tertiary/aromatic N) is 2. The van der Waals surface area contributed by atoms with Crippen LogP contribution in [0, 0.1) is 6.92 Å². The van der Waals surface area contributed by atoms with Gasteiger partial charge in [0, 0.05) is 5.02 Å². The molecule has 3 rings (SSSR count). The van der Waals surface area contributed by atoms with Crippen LogP contribution in [0.5, 0.6) is 11.6 Å². The summed E-state index contributed by atoms with van der Waals surface area (Å²) in [5.41, 5.74) is 0.597. The Morgan fingerprint density at radius 1 is 1.38 bits per heavy atom. The number of carboxylic acids is 1. The highest BCUT2D eigenvalue weighted by Crippen LogP contribution is 2.36. The summed E-state index contributed by atoms with van der Waals surface area (Å²) in [4.78, 5) is 20.2. The van der Waals surface area contributed by atoms with E-state index < -0.39 is 5.97 Å². The van der Waals surface area contributed by atoms with Gasteiger partial charge in [-0.1, -0.05) is 17.7 Å². The van der Waals surface area contributed by atoms with E-state index >= 15 is 0 Å². The molecule has 7 heteroatoms. The first-order valence-corrected chi connectivity index (χ1v) is 7.16. The van der Waals surface area contributed by atoms with E-state index in [0.717, 1.165) is 11.3 Å². The van der Waals surface area contributed by atoms with Crippen LogP contribution < -0.4 is 4.74 Å². The predicted molar refractivity (Wildman–Crippen MR) is 80.6 cm³/mol. The van der Waals surface area contributed by atoms with E-state index in [4.69, 9.17) is 16.3 Å². The molecule has 21 heavy (non-hydrogen) atoms. The number of rotatable bonds is 3. The number of aromatic carboxylic acids is 1. The second kappa shape index (κ2) is 5.31. The molecule has 0 saturated heterocycles. The van der Waals surface area contributed by atoms with Crippen molar-refractivity contribution in [3.8, 4) is 11.6 Å². The molecule has 2 heterocycles. The minimum absolute atomic E-state index is 0.237. The van der Waals surface area contributed by atoms with Crippen LogP contribution in [-0.2, 0) is 0 Å². The number of thiophene rings is 1. The normalized spacial score (nSPS) is 10.8. The first-order chi connectivity index (χ1) is 10.1. The number of aryl methyl sites for hydroxylation is 1. The number of ether oxygens (including phenoxy) is 1. The summed E-state index contributed by atoms with van der Waals surface area (Å²) in [5.74, 6) is -0.127. The minimum atomic E-state index is -0.982. The number of hydrogen-bond donors (Lipinski definition) is 1. The van der Waals surface area contributed by atoms with Gasteiger partial charge in [0.25, 0.3) is 0 Å². The van der Waals surface area contributed by atoms with Crippen LogP contribution in [0.25, 0.3) is 10.2 Å². The second-order valence-electron chi connectivity index (χ2n) is 4.28. The topological polar surface area (TPSA) is 72.3 Å². The molecule has 1 N–H and O–H groups in total. The molecule has 0 saturated carbocycles. The smallest absolute Gasteiger partial charge is 0.346 e. The van der Waals surface area contributed by atoms with Crippen LogP contribution in [0.4, 0.5) is 0 Å². The van der Waals surface area contributed by atoms with Crippen LogP contribution in [-0.4, -0.2) is 21.0 Å². The number of hydrogen-bond acceptors (Lipinski definition) is 5. The number of fused-ring (bicyclic) bond motifs is 1. The van der Waals surface area contributed by atoms with E-state index in [0.29, 0.717) is 32.4 Å². The van der Waals surface area contributed by atoms with Crippen molar-refractivity contribution in [1.29, 1.82) is 0 Å². The number of aromatic nitrogens is 2. The Morgan fingerprint density at radius 3 is 2.90 bits per heavy atom. The molecule has 0 aliphatic carbocycles. The van der Waals surface area contributed by atoms with Crippen molar-refractivity contribution in [3.63, 3.8) is 0 Å². The van der Waals surface area contributed by atoms with E-state index in [2.05, 4.69) is 9.97 Å². The Balaban J connectivity index is 2.12. The van der Waals surface area contributed by atoms with Gasteiger partial charge in [-0.05, 0) is 30.7 Å². The van der Waals surface area contributed by atoms with Gasteiger partial charge < -0.3 is 9.84 Å². The third-order valence-electron chi connectivity index (χ3n) is 2.90. The van der Waals surface area contributed by atoms with Crippen molar-refractivity contribution in [3.05, 3.63) is 46.1 Å². The highest BCUT2D eigenvalue weighted by atomic mass is 35.5. The Labute approximate surface area is 128 Å². The molecular formula is C14H9ClN2O3S. The van der Waals surface area contributed by atoms with Crippen molar-refractivity contribution in [2.45, 2.75) is 6.92 Å². The van der Waals surface area contributed by atoms with Crippen molar-refractivity contribution >= 4 is 39.1 Å². The summed E-state index contributed by atoms with van der Waals surface area (Å²) in [5, 5.41) is 10.3. The highest BCUT2D eigenvalue weighted by Gasteiger charge is 2.19. The van der Waals surface area contributed by atoms with Gasteiger partial charge in [0.15, 0.2) is 0 Å². The van der Waals surface area contributed by atoms with Gasteiger partial charge in [-0.2, -0.15) is 0 Å². The summed E-state index contributed by atoms with van der Waals surface area (Å²) in [6, 6.07) is 6.91. The van der Waals surface area contributed by atoms with Gasteiger partial charge in [-0.15, -0.1) is 11.3 Å². The van der Waals surface area contributed by atoms with Crippen molar-refractivity contribution in [1.82, 2.24) is 9.97 Å². The highest BCUT2D eigenvalue weighted by molar-refractivity contribution is 7.20. The van der Waals surface area contributed by atoms with E-state index in [1.54, 1.807) is 31.2 Å². The van der Waals surface area contributed by atoms with Crippen molar-refractivity contribution in [2.75, 3.05) is 0 Å². The first-order valence-electron chi connectivity index (χ1n) is 5.97. The molecule has 0 spiro atoms. The molecule has 0 fully saturated rings. The lowest BCUT2D eigenvalue weighted by Gasteiger charge is -2.06. The fraction of sp³-hybridized carbons (Fsp3) is 0.0714. The number of benzene rings is 1. The maximum Gasteiger partial charge on any atom is 0.346 e. The first kappa shape index (κ1) is 13.8. The molecular weight excluding hydrogens is 312 g/mol. The molecule has 0 bridgehead atoms. The molecule has 0 atom stereocenters. The zero-order valence-corrected chi connectivity index (χ0v) is 12.4. The lowest BCUT2D eigenvalue weighted by molar-refractivity contribution is 0.0701. The van der Waals surface area contributed by atoms with Gasteiger partial charge in [0.2, 0.25) is 5.88 Å². The minimum Gasteiger partial charge on any atom is -0.477 e. The molecule has 0 radical (unpaired) electrons. The maximum atomic E-state index is 11.2. The number of halogens is 1. The summed E-state index contributed by atoms with van der Waals surface area (Å²) in [6.07, 6.45) is 1.35. The van der Waals surface area contributed by atoms with Gasteiger partial charge in [0.05, 0.1) is 5.39 Å². The second-order valence-corrected chi connectivity index (χ2v) is 5.72. The summed E-state index contributed by atoms with van der Waals surface area (Å²) >= 11 is 7.02. The monoisotopic (exact) mass is 320 g/mol. The van der Waals surface area contributed by atoms with Gasteiger partial charge in [-0.25, -0.2) is 14.8 Å². The SMILES string of the molecule is Cc1c(C(=O)O)sc2ncnc(Oc3cccc(Cl)c3)c12. The molecule has 0 aliphatic heterocycles. The van der Waals surface area contributed by atoms with E-state index in [9.17, 15) is 9.90 Å². The molecule has 1 aromatic carbocycles. The Morgan fingerprint density at radius 2 is 2.19 bits per heavy atom. The largest absolute Gasteiger partial charge is 0.477 e. The predicted octanol–water partition coefficient (Wildman–Crippen LogP) is 4.14. The molecule has 106 valence electrons. The van der Waals surface area contributed by atoms with Gasteiger partial charge in [0.1, 0.15) is 21.8 Å². The Hall–Kier alpha value is -2.18. The van der Waals surface area contributed by atoms with Gasteiger partial charge >= 0.3 is 5.97 Å². The molecule has 3 aromatic rings. The zero-order valence-electron chi connectivity index (χ0n) is 10.8. The lowest BCUT2D eigenvalue weighted by Crippen LogP contribution is -1.95. The molecule has 0 amide bonds. The fourth-order valence-electron chi connectivity index (χ4n) is 1.96. The number of carboxylic acid groups (broad SMARTS) is 1. The molecule has 0 aliphatic rings. The third kappa shape index (κ3) is 2.55.